The molecule has 1 saturated heterocycles. The van der Waals surface area contributed by atoms with E-state index in [1.165, 1.54) is 27.1 Å². The summed E-state index contributed by atoms with van der Waals surface area (Å²) in [4.78, 5) is 43.2. The molecule has 0 radical (unpaired) electrons. The molecular weight excluding hydrogens is 370 g/mol. The topological polar surface area (TPSA) is 119 Å². The van der Waals surface area contributed by atoms with Gasteiger partial charge in [0.25, 0.3) is 0 Å². The Morgan fingerprint density at radius 3 is 2.39 bits per heavy atom. The quantitative estimate of drug-likeness (QED) is 0.544. The summed E-state index contributed by atoms with van der Waals surface area (Å²) in [6.45, 7) is 5.47. The molecule has 1 aliphatic heterocycles. The van der Waals surface area contributed by atoms with Gasteiger partial charge >= 0.3 is 17.9 Å². The SMILES string of the molecule is CC(=O)OC[C@H]1O[C@@H](n2cnc3c(C)ccnc32)[C@H](OC(C)=O)[C@@H]1OC(C)=O. The van der Waals surface area contributed by atoms with Crippen molar-refractivity contribution < 1.29 is 33.3 Å². The second kappa shape index (κ2) is 7.93. The Bertz CT molecular complexity index is 910. The van der Waals surface area contributed by atoms with Crippen LogP contribution in [0.5, 0.6) is 0 Å². The number of fused-ring (bicyclic) bond motifs is 1. The first-order valence-corrected chi connectivity index (χ1v) is 8.69. The zero-order chi connectivity index (χ0) is 20.4. The van der Waals surface area contributed by atoms with Crippen molar-refractivity contribution in [3.05, 3.63) is 24.2 Å². The fourth-order valence-corrected chi connectivity index (χ4v) is 3.16. The molecule has 3 heterocycles. The first kappa shape index (κ1) is 19.7. The van der Waals surface area contributed by atoms with E-state index in [0.29, 0.717) is 11.2 Å². The van der Waals surface area contributed by atoms with Gasteiger partial charge in [0, 0.05) is 27.0 Å². The molecule has 150 valence electrons. The molecular formula is C18H21N3O7. The van der Waals surface area contributed by atoms with Crippen LogP contribution in [-0.2, 0) is 33.3 Å². The number of pyridine rings is 1. The number of nitrogens with zero attached hydrogens (tertiary/aromatic N) is 3. The number of hydrogen-bond donors (Lipinski definition) is 0. The average molecular weight is 391 g/mol. The second-order valence-electron chi connectivity index (χ2n) is 6.47. The van der Waals surface area contributed by atoms with Crippen LogP contribution in [0.15, 0.2) is 18.6 Å². The maximum Gasteiger partial charge on any atom is 0.303 e. The monoisotopic (exact) mass is 391 g/mol. The molecule has 0 saturated carbocycles. The highest BCUT2D eigenvalue weighted by atomic mass is 16.7. The van der Waals surface area contributed by atoms with Crippen LogP contribution in [0.2, 0.25) is 0 Å². The maximum atomic E-state index is 11.7. The van der Waals surface area contributed by atoms with E-state index in [-0.39, 0.29) is 6.61 Å². The summed E-state index contributed by atoms with van der Waals surface area (Å²) < 4.78 is 23.4. The van der Waals surface area contributed by atoms with Crippen LogP contribution in [0.25, 0.3) is 11.2 Å². The third-order valence-electron chi connectivity index (χ3n) is 4.28. The Kier molecular flexibility index (Phi) is 5.59. The van der Waals surface area contributed by atoms with Gasteiger partial charge in [-0.2, -0.15) is 0 Å². The molecule has 2 aromatic heterocycles. The smallest absolute Gasteiger partial charge is 0.303 e. The van der Waals surface area contributed by atoms with Crippen molar-refractivity contribution in [3.8, 4) is 0 Å². The molecule has 10 heteroatoms. The van der Waals surface area contributed by atoms with Gasteiger partial charge in [0.1, 0.15) is 18.2 Å². The summed E-state index contributed by atoms with van der Waals surface area (Å²) in [6, 6.07) is 1.82. The fraction of sp³-hybridized carbons (Fsp3) is 0.500. The minimum atomic E-state index is -0.971. The molecule has 0 bridgehead atoms. The van der Waals surface area contributed by atoms with Crippen molar-refractivity contribution >= 4 is 29.1 Å². The average Bonchev–Trinajstić information content (AvgIpc) is 3.16. The molecule has 1 aliphatic rings. The van der Waals surface area contributed by atoms with Crippen molar-refractivity contribution in [2.24, 2.45) is 0 Å². The number of carbonyl (C=O) groups is 3. The lowest BCUT2D eigenvalue weighted by atomic mass is 10.1. The third-order valence-corrected chi connectivity index (χ3v) is 4.28. The van der Waals surface area contributed by atoms with Gasteiger partial charge in [-0.25, -0.2) is 9.97 Å². The highest BCUT2D eigenvalue weighted by Crippen LogP contribution is 2.36. The Hall–Kier alpha value is -3.01. The minimum Gasteiger partial charge on any atom is -0.463 e. The fourth-order valence-electron chi connectivity index (χ4n) is 3.16. The third kappa shape index (κ3) is 3.96. The van der Waals surface area contributed by atoms with Gasteiger partial charge < -0.3 is 18.9 Å². The summed E-state index contributed by atoms with van der Waals surface area (Å²) in [6.07, 6.45) is -0.483. The molecule has 0 aliphatic carbocycles. The van der Waals surface area contributed by atoms with E-state index in [1.807, 2.05) is 13.0 Å². The molecule has 3 rings (SSSR count). The molecule has 2 aromatic rings. The second-order valence-corrected chi connectivity index (χ2v) is 6.47. The van der Waals surface area contributed by atoms with Crippen LogP contribution in [0.3, 0.4) is 0 Å². The van der Waals surface area contributed by atoms with Crippen molar-refractivity contribution in [2.45, 2.75) is 52.2 Å². The lowest BCUT2D eigenvalue weighted by molar-refractivity contribution is -0.166. The van der Waals surface area contributed by atoms with Gasteiger partial charge in [-0.1, -0.05) is 0 Å². The highest BCUT2D eigenvalue weighted by Gasteiger charge is 2.51. The molecule has 10 nitrogen and oxygen atoms in total. The summed E-state index contributed by atoms with van der Waals surface area (Å²) in [7, 11) is 0. The van der Waals surface area contributed by atoms with Crippen molar-refractivity contribution in [3.63, 3.8) is 0 Å². The van der Waals surface area contributed by atoms with Gasteiger partial charge in [-0.05, 0) is 18.6 Å². The Balaban J connectivity index is 2.01. The summed E-state index contributed by atoms with van der Waals surface area (Å²) >= 11 is 0. The number of carbonyl (C=O) groups excluding carboxylic acids is 3. The van der Waals surface area contributed by atoms with E-state index >= 15 is 0 Å². The van der Waals surface area contributed by atoms with Crippen molar-refractivity contribution in [1.82, 2.24) is 14.5 Å². The lowest BCUT2D eigenvalue weighted by Crippen LogP contribution is -2.40. The van der Waals surface area contributed by atoms with E-state index in [0.717, 1.165) is 5.56 Å². The van der Waals surface area contributed by atoms with E-state index in [2.05, 4.69) is 9.97 Å². The number of imidazole rings is 1. The number of esters is 3. The van der Waals surface area contributed by atoms with Crippen LogP contribution in [0.4, 0.5) is 0 Å². The summed E-state index contributed by atoms with van der Waals surface area (Å²) in [5, 5.41) is 0. The van der Waals surface area contributed by atoms with E-state index < -0.39 is 42.4 Å². The molecule has 4 atom stereocenters. The molecule has 0 amide bonds. The first-order chi connectivity index (χ1) is 13.3. The summed E-state index contributed by atoms with van der Waals surface area (Å²) in [5.41, 5.74) is 2.11. The zero-order valence-corrected chi connectivity index (χ0v) is 15.9. The van der Waals surface area contributed by atoms with Crippen LogP contribution in [0, 0.1) is 6.92 Å². The molecule has 28 heavy (non-hydrogen) atoms. The Morgan fingerprint density at radius 1 is 1.07 bits per heavy atom. The Labute approximate surface area is 160 Å². The van der Waals surface area contributed by atoms with Gasteiger partial charge in [-0.3, -0.25) is 19.0 Å². The van der Waals surface area contributed by atoms with Crippen LogP contribution < -0.4 is 0 Å². The van der Waals surface area contributed by atoms with E-state index in [4.69, 9.17) is 18.9 Å². The van der Waals surface area contributed by atoms with Crippen molar-refractivity contribution in [1.29, 1.82) is 0 Å². The standard InChI is InChI=1S/C18H21N3O7/c1-9-5-6-19-17-14(9)20-8-21(17)18-16(27-12(4)24)15(26-11(3)23)13(28-18)7-25-10(2)22/h5-6,8,13,15-16,18H,7H2,1-4H3/t13-,15-,16-,18-/m1/s1. The first-order valence-electron chi connectivity index (χ1n) is 8.69. The highest BCUT2D eigenvalue weighted by molar-refractivity contribution is 5.74. The zero-order valence-electron chi connectivity index (χ0n) is 15.9. The van der Waals surface area contributed by atoms with E-state index in [9.17, 15) is 14.4 Å². The molecule has 0 aromatic carbocycles. The van der Waals surface area contributed by atoms with Crippen LogP contribution in [-0.4, -0.2) is 57.4 Å². The molecule has 1 fully saturated rings. The minimum absolute atomic E-state index is 0.166. The number of hydrogen-bond acceptors (Lipinski definition) is 9. The molecule has 0 unspecified atom stereocenters. The number of aromatic nitrogens is 3. The lowest BCUT2D eigenvalue weighted by Gasteiger charge is -2.23. The van der Waals surface area contributed by atoms with Gasteiger partial charge in [0.15, 0.2) is 24.1 Å². The van der Waals surface area contributed by atoms with E-state index in [1.54, 1.807) is 10.8 Å². The maximum absolute atomic E-state index is 11.7. The number of aryl methyl sites for hydroxylation is 1. The predicted octanol–water partition coefficient (Wildman–Crippen LogP) is 1.06. The molecule has 0 N–H and O–H groups in total. The Morgan fingerprint density at radius 2 is 1.75 bits per heavy atom. The number of rotatable bonds is 5. The van der Waals surface area contributed by atoms with Gasteiger partial charge in [0.05, 0.1) is 6.33 Å². The van der Waals surface area contributed by atoms with Gasteiger partial charge in [0.2, 0.25) is 0 Å². The van der Waals surface area contributed by atoms with Crippen molar-refractivity contribution in [2.75, 3.05) is 6.61 Å². The van der Waals surface area contributed by atoms with Crippen LogP contribution >= 0.6 is 0 Å². The largest absolute Gasteiger partial charge is 0.463 e. The number of ether oxygens (including phenoxy) is 4. The summed E-state index contributed by atoms with van der Waals surface area (Å²) in [5.74, 6) is -1.66. The normalized spacial score (nSPS) is 24.1. The predicted molar refractivity (Wildman–Crippen MR) is 93.9 cm³/mol. The molecule has 0 spiro atoms. The van der Waals surface area contributed by atoms with Crippen LogP contribution in [0.1, 0.15) is 32.6 Å². The van der Waals surface area contributed by atoms with Gasteiger partial charge in [-0.15, -0.1) is 0 Å².